The van der Waals surface area contributed by atoms with Crippen LogP contribution in [0.2, 0.25) is 0 Å². The lowest BCUT2D eigenvalue weighted by Crippen LogP contribution is -2.29. The molecule has 2 heteroatoms. The number of aryl methyl sites for hydroxylation is 1. The van der Waals surface area contributed by atoms with Crippen LogP contribution in [-0.4, -0.2) is 18.3 Å². The second-order valence-electron chi connectivity index (χ2n) is 5.91. The molecule has 0 bridgehead atoms. The Balaban J connectivity index is 1.90. The fourth-order valence-corrected chi connectivity index (χ4v) is 3.21. The van der Waals surface area contributed by atoms with Gasteiger partial charge in [0.2, 0.25) is 0 Å². The first-order chi connectivity index (χ1) is 9.24. The van der Waals surface area contributed by atoms with Gasteiger partial charge >= 0.3 is 0 Å². The van der Waals surface area contributed by atoms with Crippen LogP contribution in [0.4, 0.5) is 0 Å². The van der Waals surface area contributed by atoms with Gasteiger partial charge in [-0.25, -0.2) is 0 Å². The summed E-state index contributed by atoms with van der Waals surface area (Å²) in [4.78, 5) is 0. The molecule has 0 heterocycles. The van der Waals surface area contributed by atoms with Crippen LogP contribution in [0.15, 0.2) is 24.3 Å². The van der Waals surface area contributed by atoms with Gasteiger partial charge in [-0.1, -0.05) is 43.2 Å². The van der Waals surface area contributed by atoms with E-state index in [1.165, 1.54) is 30.4 Å². The molecule has 0 aromatic heterocycles. The number of nitrogens with one attached hydrogen (secondary N) is 1. The van der Waals surface area contributed by atoms with E-state index < -0.39 is 0 Å². The van der Waals surface area contributed by atoms with Crippen molar-refractivity contribution in [1.29, 1.82) is 0 Å². The fraction of sp³-hybridized carbons (Fsp3) is 0.647. The summed E-state index contributed by atoms with van der Waals surface area (Å²) in [5, 5.41) is 13.1. The van der Waals surface area contributed by atoms with E-state index in [1.807, 2.05) is 0 Å². The predicted molar refractivity (Wildman–Crippen MR) is 80.1 cm³/mol. The van der Waals surface area contributed by atoms with Gasteiger partial charge in [0, 0.05) is 12.6 Å². The topological polar surface area (TPSA) is 32.3 Å². The van der Waals surface area contributed by atoms with Gasteiger partial charge in [-0.2, -0.15) is 0 Å². The molecule has 0 saturated heterocycles. The van der Waals surface area contributed by atoms with E-state index in [4.69, 9.17) is 0 Å². The molecule has 19 heavy (non-hydrogen) atoms. The summed E-state index contributed by atoms with van der Waals surface area (Å²) < 4.78 is 0. The zero-order valence-corrected chi connectivity index (χ0v) is 12.2. The van der Waals surface area contributed by atoms with Crippen LogP contribution in [0.5, 0.6) is 0 Å². The number of hydrogen-bond donors (Lipinski definition) is 2. The first kappa shape index (κ1) is 14.5. The van der Waals surface area contributed by atoms with E-state index in [0.29, 0.717) is 24.5 Å². The SMILES string of the molecule is CCC(NCC1CCCC1CO)c1ccc(C)cc1. The van der Waals surface area contributed by atoms with Crippen molar-refractivity contribution in [3.05, 3.63) is 35.4 Å². The number of hydrogen-bond acceptors (Lipinski definition) is 2. The maximum absolute atomic E-state index is 9.38. The third kappa shape index (κ3) is 3.80. The Labute approximate surface area is 117 Å². The smallest absolute Gasteiger partial charge is 0.0462 e. The Morgan fingerprint density at radius 2 is 1.89 bits per heavy atom. The highest BCUT2D eigenvalue weighted by molar-refractivity contribution is 5.24. The summed E-state index contributed by atoms with van der Waals surface area (Å²) in [5.41, 5.74) is 2.70. The molecule has 1 aliphatic carbocycles. The normalized spacial score (nSPS) is 24.6. The van der Waals surface area contributed by atoms with Crippen LogP contribution in [-0.2, 0) is 0 Å². The van der Waals surface area contributed by atoms with Crippen LogP contribution >= 0.6 is 0 Å². The zero-order valence-electron chi connectivity index (χ0n) is 12.2. The molecule has 2 nitrogen and oxygen atoms in total. The Kier molecular flexibility index (Phi) is 5.41. The summed E-state index contributed by atoms with van der Waals surface area (Å²) in [5.74, 6) is 1.17. The van der Waals surface area contributed by atoms with Crippen LogP contribution in [0.1, 0.15) is 49.8 Å². The van der Waals surface area contributed by atoms with E-state index in [9.17, 15) is 5.11 Å². The Hall–Kier alpha value is -0.860. The van der Waals surface area contributed by atoms with Crippen molar-refractivity contribution in [1.82, 2.24) is 5.32 Å². The average molecular weight is 261 g/mol. The highest BCUT2D eigenvalue weighted by atomic mass is 16.3. The van der Waals surface area contributed by atoms with Crippen LogP contribution in [0, 0.1) is 18.8 Å². The minimum absolute atomic E-state index is 0.355. The maximum atomic E-state index is 9.38. The summed E-state index contributed by atoms with van der Waals surface area (Å²) in [6, 6.07) is 9.28. The monoisotopic (exact) mass is 261 g/mol. The molecule has 0 spiro atoms. The summed E-state index contributed by atoms with van der Waals surface area (Å²) in [6.07, 6.45) is 4.85. The maximum Gasteiger partial charge on any atom is 0.0462 e. The molecule has 106 valence electrons. The highest BCUT2D eigenvalue weighted by Gasteiger charge is 2.26. The fourth-order valence-electron chi connectivity index (χ4n) is 3.21. The Morgan fingerprint density at radius 3 is 2.53 bits per heavy atom. The number of rotatable bonds is 6. The lowest BCUT2D eigenvalue weighted by Gasteiger charge is -2.23. The van der Waals surface area contributed by atoms with Crippen molar-refractivity contribution in [3.63, 3.8) is 0 Å². The Morgan fingerprint density at radius 1 is 1.21 bits per heavy atom. The van der Waals surface area contributed by atoms with E-state index in [-0.39, 0.29) is 0 Å². The lowest BCUT2D eigenvalue weighted by molar-refractivity contribution is 0.190. The van der Waals surface area contributed by atoms with Crippen LogP contribution in [0.25, 0.3) is 0 Å². The molecule has 3 atom stereocenters. The zero-order chi connectivity index (χ0) is 13.7. The minimum atomic E-state index is 0.355. The molecule has 2 N–H and O–H groups in total. The van der Waals surface area contributed by atoms with Crippen molar-refractivity contribution in [2.24, 2.45) is 11.8 Å². The van der Waals surface area contributed by atoms with Crippen LogP contribution < -0.4 is 5.32 Å². The van der Waals surface area contributed by atoms with Crippen molar-refractivity contribution in [2.45, 2.75) is 45.6 Å². The van der Waals surface area contributed by atoms with Gasteiger partial charge in [-0.15, -0.1) is 0 Å². The quantitative estimate of drug-likeness (QED) is 0.822. The molecule has 0 amide bonds. The third-order valence-electron chi connectivity index (χ3n) is 4.57. The van der Waals surface area contributed by atoms with Gasteiger partial charge in [0.1, 0.15) is 0 Å². The molecule has 1 saturated carbocycles. The molecule has 3 unspecified atom stereocenters. The second kappa shape index (κ2) is 7.06. The van der Waals surface area contributed by atoms with Gasteiger partial charge in [0.15, 0.2) is 0 Å². The molecule has 0 radical (unpaired) electrons. The largest absolute Gasteiger partial charge is 0.396 e. The average Bonchev–Trinajstić information content (AvgIpc) is 2.89. The molecular formula is C17H27NO. The molecule has 2 rings (SSSR count). The molecule has 1 aliphatic rings. The van der Waals surface area contributed by atoms with Gasteiger partial charge < -0.3 is 10.4 Å². The van der Waals surface area contributed by atoms with E-state index in [1.54, 1.807) is 0 Å². The lowest BCUT2D eigenvalue weighted by atomic mass is 9.95. The van der Waals surface area contributed by atoms with E-state index in [0.717, 1.165) is 13.0 Å². The number of aliphatic hydroxyl groups excluding tert-OH is 1. The second-order valence-corrected chi connectivity index (χ2v) is 5.91. The van der Waals surface area contributed by atoms with Gasteiger partial charge in [0.05, 0.1) is 0 Å². The summed E-state index contributed by atoms with van der Waals surface area (Å²) in [6.45, 7) is 5.75. The first-order valence-electron chi connectivity index (χ1n) is 7.65. The third-order valence-corrected chi connectivity index (χ3v) is 4.57. The van der Waals surface area contributed by atoms with Crippen molar-refractivity contribution >= 4 is 0 Å². The van der Waals surface area contributed by atoms with Gasteiger partial charge in [0.25, 0.3) is 0 Å². The summed E-state index contributed by atoms with van der Waals surface area (Å²) >= 11 is 0. The van der Waals surface area contributed by atoms with Gasteiger partial charge in [-0.05, 0) is 50.1 Å². The minimum Gasteiger partial charge on any atom is -0.396 e. The highest BCUT2D eigenvalue weighted by Crippen LogP contribution is 2.31. The molecule has 1 aromatic rings. The number of benzene rings is 1. The van der Waals surface area contributed by atoms with E-state index >= 15 is 0 Å². The van der Waals surface area contributed by atoms with Crippen molar-refractivity contribution in [3.8, 4) is 0 Å². The Bertz CT molecular complexity index is 373. The van der Waals surface area contributed by atoms with Crippen LogP contribution in [0.3, 0.4) is 0 Å². The predicted octanol–water partition coefficient (Wildman–Crippen LogP) is 3.44. The van der Waals surface area contributed by atoms with Crippen molar-refractivity contribution in [2.75, 3.05) is 13.2 Å². The molecular weight excluding hydrogens is 234 g/mol. The standard InChI is InChI=1S/C17H27NO/c1-3-17(14-9-7-13(2)8-10-14)18-11-15-5-4-6-16(15)12-19/h7-10,15-19H,3-6,11-12H2,1-2H3. The summed E-state index contributed by atoms with van der Waals surface area (Å²) in [7, 11) is 0. The molecule has 1 fully saturated rings. The van der Waals surface area contributed by atoms with E-state index in [2.05, 4.69) is 43.4 Å². The van der Waals surface area contributed by atoms with Gasteiger partial charge in [-0.3, -0.25) is 0 Å². The molecule has 1 aromatic carbocycles. The number of aliphatic hydroxyl groups is 1. The molecule has 0 aliphatic heterocycles. The van der Waals surface area contributed by atoms with Crippen molar-refractivity contribution < 1.29 is 5.11 Å². The first-order valence-corrected chi connectivity index (χ1v) is 7.65.